The lowest BCUT2D eigenvalue weighted by Gasteiger charge is -2.09. The van der Waals surface area contributed by atoms with E-state index in [4.69, 9.17) is 21.1 Å². The van der Waals surface area contributed by atoms with Crippen molar-refractivity contribution < 1.29 is 9.47 Å². The van der Waals surface area contributed by atoms with E-state index in [1.165, 1.54) is 0 Å². The number of anilines is 1. The molecule has 2 rings (SSSR count). The molecule has 0 aliphatic heterocycles. The summed E-state index contributed by atoms with van der Waals surface area (Å²) in [6.45, 7) is 3.08. The van der Waals surface area contributed by atoms with Crippen LogP contribution in [0.4, 0.5) is 5.82 Å². The van der Waals surface area contributed by atoms with E-state index in [1.807, 2.05) is 19.1 Å². The number of benzene rings is 1. The van der Waals surface area contributed by atoms with Crippen molar-refractivity contribution in [3.8, 4) is 11.6 Å². The van der Waals surface area contributed by atoms with Crippen molar-refractivity contribution in [2.75, 3.05) is 19.0 Å². The Bertz CT molecular complexity index is 554. The Hall–Kier alpha value is -1.85. The maximum atomic E-state index is 5.93. The number of hydrogen-bond acceptors (Lipinski definition) is 5. The third kappa shape index (κ3) is 4.08. The zero-order valence-corrected chi connectivity index (χ0v) is 12.1. The average Bonchev–Trinajstić information content (AvgIpc) is 2.39. The number of aromatic nitrogens is 2. The number of ether oxygens (including phenoxy) is 2. The van der Waals surface area contributed by atoms with Gasteiger partial charge in [-0.05, 0) is 25.1 Å². The minimum absolute atomic E-state index is 0.325. The summed E-state index contributed by atoms with van der Waals surface area (Å²) in [5.41, 5.74) is 0. The number of halogens is 1. The van der Waals surface area contributed by atoms with Gasteiger partial charge in [-0.25, -0.2) is 4.98 Å². The second kappa shape index (κ2) is 7.07. The van der Waals surface area contributed by atoms with Gasteiger partial charge in [0.2, 0.25) is 5.88 Å². The molecule has 5 nitrogen and oxygen atoms in total. The van der Waals surface area contributed by atoms with E-state index < -0.39 is 0 Å². The van der Waals surface area contributed by atoms with Crippen LogP contribution in [-0.4, -0.2) is 23.6 Å². The zero-order valence-electron chi connectivity index (χ0n) is 11.4. The number of hydrogen-bond donors (Lipinski definition) is 1. The molecule has 20 heavy (non-hydrogen) atoms. The third-order valence-corrected chi connectivity index (χ3v) is 2.63. The van der Waals surface area contributed by atoms with Crippen molar-refractivity contribution in [3.05, 3.63) is 41.2 Å². The zero-order chi connectivity index (χ0) is 14.4. The lowest BCUT2D eigenvalue weighted by atomic mass is 10.3. The monoisotopic (exact) mass is 293 g/mol. The van der Waals surface area contributed by atoms with Gasteiger partial charge in [-0.15, -0.1) is 0 Å². The van der Waals surface area contributed by atoms with Gasteiger partial charge in [0.05, 0.1) is 0 Å². The Morgan fingerprint density at radius 2 is 2.10 bits per heavy atom. The fourth-order valence-electron chi connectivity index (χ4n) is 1.64. The topological polar surface area (TPSA) is 56.3 Å². The highest BCUT2D eigenvalue weighted by molar-refractivity contribution is 6.30. The van der Waals surface area contributed by atoms with Gasteiger partial charge in [-0.1, -0.05) is 17.7 Å². The standard InChI is InChI=1S/C14H16ClN3O2/c1-3-16-12-8-14(18-13(17-12)9-19-2)20-11-6-4-5-10(15)7-11/h4-8H,3,9H2,1-2H3,(H,16,17,18). The highest BCUT2D eigenvalue weighted by atomic mass is 35.5. The van der Waals surface area contributed by atoms with Crippen LogP contribution in [-0.2, 0) is 11.3 Å². The Labute approximate surface area is 122 Å². The molecule has 1 aromatic heterocycles. The lowest BCUT2D eigenvalue weighted by molar-refractivity contribution is 0.177. The summed E-state index contributed by atoms with van der Waals surface area (Å²) in [7, 11) is 1.60. The molecule has 0 fully saturated rings. The molecular formula is C14H16ClN3O2. The van der Waals surface area contributed by atoms with Crippen LogP contribution in [0.1, 0.15) is 12.7 Å². The molecule has 1 N–H and O–H groups in total. The van der Waals surface area contributed by atoms with Crippen LogP contribution in [0.2, 0.25) is 5.02 Å². The SMILES string of the molecule is CCNc1cc(Oc2cccc(Cl)c2)nc(COC)n1. The second-order valence-corrected chi connectivity index (χ2v) is 4.47. The fraction of sp³-hybridized carbons (Fsp3) is 0.286. The first-order valence-electron chi connectivity index (χ1n) is 6.25. The van der Waals surface area contributed by atoms with E-state index in [0.717, 1.165) is 6.54 Å². The van der Waals surface area contributed by atoms with Crippen molar-refractivity contribution in [1.82, 2.24) is 9.97 Å². The maximum Gasteiger partial charge on any atom is 0.224 e. The molecule has 2 aromatic rings. The van der Waals surface area contributed by atoms with Crippen LogP contribution < -0.4 is 10.1 Å². The molecule has 0 atom stereocenters. The van der Waals surface area contributed by atoms with E-state index in [0.29, 0.717) is 34.9 Å². The van der Waals surface area contributed by atoms with Crippen molar-refractivity contribution in [2.45, 2.75) is 13.5 Å². The summed E-state index contributed by atoms with van der Waals surface area (Å²) in [4.78, 5) is 8.61. The summed E-state index contributed by atoms with van der Waals surface area (Å²) in [5.74, 6) is 2.34. The normalized spacial score (nSPS) is 10.3. The van der Waals surface area contributed by atoms with Crippen molar-refractivity contribution in [3.63, 3.8) is 0 Å². The molecule has 106 valence electrons. The number of nitrogens with zero attached hydrogens (tertiary/aromatic N) is 2. The molecule has 0 amide bonds. The predicted octanol–water partition coefficient (Wildman–Crippen LogP) is 3.50. The molecule has 0 radical (unpaired) electrons. The van der Waals surface area contributed by atoms with Crippen molar-refractivity contribution >= 4 is 17.4 Å². The molecule has 1 heterocycles. The molecule has 1 aromatic carbocycles. The minimum atomic E-state index is 0.325. The van der Waals surface area contributed by atoms with Gasteiger partial charge in [0, 0.05) is 24.7 Å². The lowest BCUT2D eigenvalue weighted by Crippen LogP contribution is -2.05. The number of methoxy groups -OCH3 is 1. The van der Waals surface area contributed by atoms with Gasteiger partial charge in [0.15, 0.2) is 5.82 Å². The first-order chi connectivity index (χ1) is 9.71. The molecule has 0 spiro atoms. The Morgan fingerprint density at radius 3 is 2.80 bits per heavy atom. The molecule has 0 saturated heterocycles. The van der Waals surface area contributed by atoms with Gasteiger partial charge in [0.1, 0.15) is 18.2 Å². The smallest absolute Gasteiger partial charge is 0.224 e. The molecule has 0 aliphatic carbocycles. The third-order valence-electron chi connectivity index (χ3n) is 2.40. The quantitative estimate of drug-likeness (QED) is 0.883. The fourth-order valence-corrected chi connectivity index (χ4v) is 1.82. The highest BCUT2D eigenvalue weighted by Gasteiger charge is 2.06. The Kier molecular flexibility index (Phi) is 5.15. The first kappa shape index (κ1) is 14.6. The molecule has 6 heteroatoms. The Balaban J connectivity index is 2.25. The van der Waals surface area contributed by atoms with Crippen LogP contribution in [0.15, 0.2) is 30.3 Å². The van der Waals surface area contributed by atoms with Crippen molar-refractivity contribution in [1.29, 1.82) is 0 Å². The summed E-state index contributed by atoms with van der Waals surface area (Å²) in [6, 6.07) is 8.89. The summed E-state index contributed by atoms with van der Waals surface area (Å²) in [5, 5.41) is 3.74. The summed E-state index contributed by atoms with van der Waals surface area (Å²) < 4.78 is 10.8. The van der Waals surface area contributed by atoms with E-state index in [-0.39, 0.29) is 0 Å². The molecule has 0 saturated carbocycles. The van der Waals surface area contributed by atoms with Gasteiger partial charge < -0.3 is 14.8 Å². The summed E-state index contributed by atoms with van der Waals surface area (Å²) >= 11 is 5.93. The van der Waals surface area contributed by atoms with Crippen LogP contribution >= 0.6 is 11.6 Å². The van der Waals surface area contributed by atoms with Gasteiger partial charge in [-0.3, -0.25) is 0 Å². The van der Waals surface area contributed by atoms with Gasteiger partial charge in [-0.2, -0.15) is 4.98 Å². The minimum Gasteiger partial charge on any atom is -0.439 e. The van der Waals surface area contributed by atoms with Crippen LogP contribution in [0, 0.1) is 0 Å². The van der Waals surface area contributed by atoms with E-state index in [1.54, 1.807) is 25.3 Å². The van der Waals surface area contributed by atoms with E-state index in [2.05, 4.69) is 15.3 Å². The van der Waals surface area contributed by atoms with Crippen LogP contribution in [0.5, 0.6) is 11.6 Å². The Morgan fingerprint density at radius 1 is 1.25 bits per heavy atom. The predicted molar refractivity (Wildman–Crippen MR) is 78.4 cm³/mol. The van der Waals surface area contributed by atoms with Crippen LogP contribution in [0.25, 0.3) is 0 Å². The molecule has 0 aliphatic rings. The van der Waals surface area contributed by atoms with Crippen molar-refractivity contribution in [2.24, 2.45) is 0 Å². The molecular weight excluding hydrogens is 278 g/mol. The van der Waals surface area contributed by atoms with E-state index >= 15 is 0 Å². The summed E-state index contributed by atoms with van der Waals surface area (Å²) in [6.07, 6.45) is 0. The van der Waals surface area contributed by atoms with Gasteiger partial charge in [0.25, 0.3) is 0 Å². The number of rotatable bonds is 6. The van der Waals surface area contributed by atoms with E-state index in [9.17, 15) is 0 Å². The first-order valence-corrected chi connectivity index (χ1v) is 6.63. The van der Waals surface area contributed by atoms with Gasteiger partial charge >= 0.3 is 0 Å². The molecule has 0 bridgehead atoms. The highest BCUT2D eigenvalue weighted by Crippen LogP contribution is 2.24. The second-order valence-electron chi connectivity index (χ2n) is 4.03. The largest absolute Gasteiger partial charge is 0.439 e. The van der Waals surface area contributed by atoms with Crippen LogP contribution in [0.3, 0.4) is 0 Å². The average molecular weight is 294 g/mol. The number of nitrogens with one attached hydrogen (secondary N) is 1. The molecule has 0 unspecified atom stereocenters. The maximum absolute atomic E-state index is 5.93.